The van der Waals surface area contributed by atoms with Crippen LogP contribution >= 0.6 is 15.9 Å². The summed E-state index contributed by atoms with van der Waals surface area (Å²) < 4.78 is 0. The molecule has 50 valence electrons. The lowest BCUT2D eigenvalue weighted by Gasteiger charge is -1.99. The molecule has 0 radical (unpaired) electrons. The number of hydrogen-bond donors (Lipinski definition) is 1. The summed E-state index contributed by atoms with van der Waals surface area (Å²) in [5, 5.41) is 9.82. The van der Waals surface area contributed by atoms with Crippen LogP contribution < -0.4 is 0 Å². The predicted octanol–water partition coefficient (Wildman–Crippen LogP) is 1.93. The molecule has 1 nitrogen and oxygen atoms in total. The molecule has 0 heterocycles. The molecule has 0 aromatic heterocycles. The third kappa shape index (κ3) is 6.44. The van der Waals surface area contributed by atoms with Crippen molar-refractivity contribution in [2.45, 2.75) is 32.3 Å². The number of halogens is 1. The first-order chi connectivity index (χ1) is 3.77. The van der Waals surface area contributed by atoms with Crippen molar-refractivity contribution < 1.29 is 5.11 Å². The number of aliphatic hydroxyl groups excluding tert-OH is 1. The molecule has 8 heavy (non-hydrogen) atoms. The van der Waals surface area contributed by atoms with Crippen molar-refractivity contribution in [1.82, 2.24) is 0 Å². The number of aliphatic hydroxyl groups is 1. The molecular formula is C6H13BrO. The van der Waals surface area contributed by atoms with Crippen molar-refractivity contribution in [1.29, 1.82) is 0 Å². The van der Waals surface area contributed by atoms with Gasteiger partial charge in [-0.05, 0) is 19.8 Å². The Morgan fingerprint density at radius 2 is 2.12 bits per heavy atom. The van der Waals surface area contributed by atoms with Crippen LogP contribution in [0, 0.1) is 0 Å². The van der Waals surface area contributed by atoms with Crippen molar-refractivity contribution in [3.63, 3.8) is 0 Å². The molecule has 0 aliphatic rings. The molecule has 0 spiro atoms. The second kappa shape index (κ2) is 5.57. The Bertz CT molecular complexity index is 45.8. The molecule has 0 unspecified atom stereocenters. The van der Waals surface area contributed by atoms with Gasteiger partial charge in [0.05, 0.1) is 6.10 Å². The van der Waals surface area contributed by atoms with Crippen LogP contribution in [0.4, 0.5) is 0 Å². The van der Waals surface area contributed by atoms with Crippen LogP contribution in [-0.2, 0) is 0 Å². The van der Waals surface area contributed by atoms with Crippen molar-refractivity contribution >= 4 is 15.9 Å². The van der Waals surface area contributed by atoms with E-state index in [-0.39, 0.29) is 6.10 Å². The third-order valence-electron chi connectivity index (χ3n) is 1.01. The summed E-state index contributed by atoms with van der Waals surface area (Å²) >= 11 is 3.32. The van der Waals surface area contributed by atoms with E-state index in [1.807, 2.05) is 6.92 Å². The molecule has 0 aromatic carbocycles. The lowest BCUT2D eigenvalue weighted by molar-refractivity contribution is 0.181. The van der Waals surface area contributed by atoms with Gasteiger partial charge in [-0.15, -0.1) is 0 Å². The smallest absolute Gasteiger partial charge is 0.0512 e. The molecule has 0 amide bonds. The Labute approximate surface area is 59.2 Å². The van der Waals surface area contributed by atoms with Gasteiger partial charge in [0, 0.05) is 5.33 Å². The zero-order chi connectivity index (χ0) is 6.41. The SMILES string of the molecule is C[C@@H](O)CCCCBr. The molecule has 0 aromatic rings. The van der Waals surface area contributed by atoms with Gasteiger partial charge in [-0.2, -0.15) is 0 Å². The number of alkyl halides is 1. The second-order valence-electron chi connectivity index (χ2n) is 2.03. The molecule has 0 saturated carbocycles. The molecule has 0 rings (SSSR count). The first-order valence-electron chi connectivity index (χ1n) is 3.01. The highest BCUT2D eigenvalue weighted by Crippen LogP contribution is 2.01. The summed E-state index contributed by atoms with van der Waals surface area (Å²) in [6, 6.07) is 0. The van der Waals surface area contributed by atoms with Gasteiger partial charge in [-0.1, -0.05) is 22.4 Å². The Morgan fingerprint density at radius 1 is 1.50 bits per heavy atom. The van der Waals surface area contributed by atoms with E-state index in [4.69, 9.17) is 5.11 Å². The molecule has 2 heteroatoms. The van der Waals surface area contributed by atoms with Crippen LogP contribution in [0.3, 0.4) is 0 Å². The van der Waals surface area contributed by atoms with Gasteiger partial charge < -0.3 is 5.11 Å². The largest absolute Gasteiger partial charge is 0.393 e. The molecular weight excluding hydrogens is 168 g/mol. The zero-order valence-electron chi connectivity index (χ0n) is 5.23. The third-order valence-corrected chi connectivity index (χ3v) is 1.57. The van der Waals surface area contributed by atoms with Crippen molar-refractivity contribution in [3.05, 3.63) is 0 Å². The summed E-state index contributed by atoms with van der Waals surface area (Å²) in [5.41, 5.74) is 0. The molecule has 1 atom stereocenters. The molecule has 0 fully saturated rings. The van der Waals surface area contributed by atoms with Gasteiger partial charge in [0.2, 0.25) is 0 Å². The van der Waals surface area contributed by atoms with E-state index in [1.54, 1.807) is 0 Å². The van der Waals surface area contributed by atoms with Crippen molar-refractivity contribution in [2.75, 3.05) is 5.33 Å². The Kier molecular flexibility index (Phi) is 5.88. The van der Waals surface area contributed by atoms with Gasteiger partial charge in [-0.25, -0.2) is 0 Å². The zero-order valence-corrected chi connectivity index (χ0v) is 6.82. The fraction of sp³-hybridized carbons (Fsp3) is 1.00. The van der Waals surface area contributed by atoms with Crippen LogP contribution in [0.5, 0.6) is 0 Å². The average Bonchev–Trinajstić information content (AvgIpc) is 1.66. The fourth-order valence-electron chi connectivity index (χ4n) is 0.534. The maximum atomic E-state index is 8.76. The van der Waals surface area contributed by atoms with E-state index in [0.717, 1.165) is 18.2 Å². The summed E-state index contributed by atoms with van der Waals surface area (Å²) in [6.07, 6.45) is 3.12. The highest BCUT2D eigenvalue weighted by atomic mass is 79.9. The minimum Gasteiger partial charge on any atom is -0.393 e. The second-order valence-corrected chi connectivity index (χ2v) is 2.83. The van der Waals surface area contributed by atoms with Crippen LogP contribution in [-0.4, -0.2) is 16.5 Å². The molecule has 0 bridgehead atoms. The first kappa shape index (κ1) is 8.44. The standard InChI is InChI=1S/C6H13BrO/c1-6(8)4-2-3-5-7/h6,8H,2-5H2,1H3/t6-/m1/s1. The Morgan fingerprint density at radius 3 is 2.50 bits per heavy atom. The van der Waals surface area contributed by atoms with Gasteiger partial charge in [0.15, 0.2) is 0 Å². The summed E-state index contributed by atoms with van der Waals surface area (Å²) in [5.74, 6) is 0. The molecule has 1 N–H and O–H groups in total. The van der Waals surface area contributed by atoms with E-state index >= 15 is 0 Å². The maximum absolute atomic E-state index is 8.76. The van der Waals surface area contributed by atoms with E-state index in [2.05, 4.69) is 15.9 Å². The van der Waals surface area contributed by atoms with Crippen molar-refractivity contribution in [3.8, 4) is 0 Å². The summed E-state index contributed by atoms with van der Waals surface area (Å²) in [4.78, 5) is 0. The van der Waals surface area contributed by atoms with Crippen LogP contribution in [0.15, 0.2) is 0 Å². The summed E-state index contributed by atoms with van der Waals surface area (Å²) in [6.45, 7) is 1.83. The van der Waals surface area contributed by atoms with E-state index in [0.29, 0.717) is 0 Å². The van der Waals surface area contributed by atoms with Gasteiger partial charge in [0.25, 0.3) is 0 Å². The molecule has 0 aliphatic carbocycles. The monoisotopic (exact) mass is 180 g/mol. The Balaban J connectivity index is 2.72. The quantitative estimate of drug-likeness (QED) is 0.519. The normalized spacial score (nSPS) is 13.9. The maximum Gasteiger partial charge on any atom is 0.0512 e. The predicted molar refractivity (Wildman–Crippen MR) is 39.3 cm³/mol. The lowest BCUT2D eigenvalue weighted by Crippen LogP contribution is -1.98. The summed E-state index contributed by atoms with van der Waals surface area (Å²) in [7, 11) is 0. The lowest BCUT2D eigenvalue weighted by atomic mass is 10.2. The topological polar surface area (TPSA) is 20.2 Å². The number of hydrogen-bond acceptors (Lipinski definition) is 1. The average molecular weight is 181 g/mol. The fourth-order valence-corrected chi connectivity index (χ4v) is 0.931. The Hall–Kier alpha value is 0.440. The van der Waals surface area contributed by atoms with Crippen LogP contribution in [0.1, 0.15) is 26.2 Å². The minimum absolute atomic E-state index is 0.117. The van der Waals surface area contributed by atoms with Gasteiger partial charge >= 0.3 is 0 Å². The number of unbranched alkanes of at least 4 members (excludes halogenated alkanes) is 1. The van der Waals surface area contributed by atoms with Crippen LogP contribution in [0.25, 0.3) is 0 Å². The minimum atomic E-state index is -0.117. The van der Waals surface area contributed by atoms with Crippen molar-refractivity contribution in [2.24, 2.45) is 0 Å². The highest BCUT2D eigenvalue weighted by Gasteiger charge is 1.92. The molecule has 0 saturated heterocycles. The van der Waals surface area contributed by atoms with E-state index in [1.165, 1.54) is 6.42 Å². The molecule has 0 aliphatic heterocycles. The van der Waals surface area contributed by atoms with Gasteiger partial charge in [0.1, 0.15) is 0 Å². The van der Waals surface area contributed by atoms with E-state index < -0.39 is 0 Å². The first-order valence-corrected chi connectivity index (χ1v) is 4.13. The van der Waals surface area contributed by atoms with E-state index in [9.17, 15) is 0 Å². The highest BCUT2D eigenvalue weighted by molar-refractivity contribution is 9.09. The van der Waals surface area contributed by atoms with Crippen LogP contribution in [0.2, 0.25) is 0 Å². The van der Waals surface area contributed by atoms with Gasteiger partial charge in [-0.3, -0.25) is 0 Å². The number of rotatable bonds is 4.